The molecule has 0 bridgehead atoms. The number of benzene rings is 1. The van der Waals surface area contributed by atoms with Gasteiger partial charge in [-0.05, 0) is 18.2 Å². The molecule has 1 saturated heterocycles. The van der Waals surface area contributed by atoms with E-state index in [0.717, 1.165) is 0 Å². The van der Waals surface area contributed by atoms with E-state index < -0.39 is 12.1 Å². The predicted molar refractivity (Wildman–Crippen MR) is 67.3 cm³/mol. The molecule has 0 radical (unpaired) electrons. The standard InChI is InChI=1S/C13H15NO5/c1-18-9-3-4-11(10(6-9)13(17)19-2)14-7-8(15)5-12(14)16/h3-4,6,8,15H,5,7H2,1-2H3. The van der Waals surface area contributed by atoms with Gasteiger partial charge in [0.1, 0.15) is 5.75 Å². The van der Waals surface area contributed by atoms with E-state index in [9.17, 15) is 14.7 Å². The first kappa shape index (κ1) is 13.4. The first-order valence-electron chi connectivity index (χ1n) is 5.81. The highest BCUT2D eigenvalue weighted by molar-refractivity contribution is 6.04. The molecule has 6 heteroatoms. The van der Waals surface area contributed by atoms with Crippen LogP contribution >= 0.6 is 0 Å². The minimum atomic E-state index is -0.708. The molecular formula is C13H15NO5. The van der Waals surface area contributed by atoms with Crippen LogP contribution in [0.3, 0.4) is 0 Å². The van der Waals surface area contributed by atoms with Crippen molar-refractivity contribution in [2.75, 3.05) is 25.7 Å². The van der Waals surface area contributed by atoms with Crippen LogP contribution in [-0.2, 0) is 9.53 Å². The number of ether oxygens (including phenoxy) is 2. The van der Waals surface area contributed by atoms with Crippen LogP contribution in [0.4, 0.5) is 5.69 Å². The van der Waals surface area contributed by atoms with Gasteiger partial charge in [-0.2, -0.15) is 0 Å². The number of β-amino-alcohol motifs (C(OH)–C–C–N with tert-alkyl or cyclic N) is 1. The van der Waals surface area contributed by atoms with Crippen LogP contribution in [0.5, 0.6) is 5.75 Å². The first-order valence-corrected chi connectivity index (χ1v) is 5.81. The second kappa shape index (κ2) is 5.27. The number of rotatable bonds is 3. The van der Waals surface area contributed by atoms with Crippen molar-refractivity contribution >= 4 is 17.6 Å². The van der Waals surface area contributed by atoms with Gasteiger partial charge in [0, 0.05) is 0 Å². The van der Waals surface area contributed by atoms with Crippen molar-refractivity contribution in [3.8, 4) is 5.75 Å². The molecule has 0 saturated carbocycles. The van der Waals surface area contributed by atoms with Gasteiger partial charge in [0.05, 0.1) is 44.5 Å². The van der Waals surface area contributed by atoms with Crippen molar-refractivity contribution < 1.29 is 24.2 Å². The lowest BCUT2D eigenvalue weighted by molar-refractivity contribution is -0.117. The number of aliphatic hydroxyl groups excluding tert-OH is 1. The molecule has 19 heavy (non-hydrogen) atoms. The van der Waals surface area contributed by atoms with E-state index in [-0.39, 0.29) is 24.4 Å². The van der Waals surface area contributed by atoms with E-state index in [1.165, 1.54) is 25.2 Å². The maximum atomic E-state index is 11.8. The fourth-order valence-corrected chi connectivity index (χ4v) is 2.07. The van der Waals surface area contributed by atoms with E-state index in [0.29, 0.717) is 11.4 Å². The zero-order chi connectivity index (χ0) is 14.0. The van der Waals surface area contributed by atoms with Gasteiger partial charge in [-0.3, -0.25) is 4.79 Å². The summed E-state index contributed by atoms with van der Waals surface area (Å²) in [5.41, 5.74) is 0.665. The smallest absolute Gasteiger partial charge is 0.340 e. The third-order valence-corrected chi connectivity index (χ3v) is 3.00. The van der Waals surface area contributed by atoms with Crippen molar-refractivity contribution in [2.24, 2.45) is 0 Å². The topological polar surface area (TPSA) is 76.1 Å². The van der Waals surface area contributed by atoms with Crippen LogP contribution in [0.1, 0.15) is 16.8 Å². The Morgan fingerprint density at radius 2 is 2.16 bits per heavy atom. The molecule has 1 aliphatic heterocycles. The number of anilines is 1. The number of hydrogen-bond acceptors (Lipinski definition) is 5. The Kier molecular flexibility index (Phi) is 3.71. The van der Waals surface area contributed by atoms with Gasteiger partial charge >= 0.3 is 5.97 Å². The Morgan fingerprint density at radius 1 is 1.42 bits per heavy atom. The summed E-state index contributed by atoms with van der Waals surface area (Å²) in [4.78, 5) is 24.9. The fourth-order valence-electron chi connectivity index (χ4n) is 2.07. The van der Waals surface area contributed by atoms with Crippen LogP contribution < -0.4 is 9.64 Å². The molecule has 1 fully saturated rings. The predicted octanol–water partition coefficient (Wildman–Crippen LogP) is 0.579. The fraction of sp³-hybridized carbons (Fsp3) is 0.385. The SMILES string of the molecule is COC(=O)c1cc(OC)ccc1N1CC(O)CC1=O. The number of carbonyl (C=O) groups is 2. The van der Waals surface area contributed by atoms with Gasteiger partial charge in [-0.25, -0.2) is 4.79 Å². The monoisotopic (exact) mass is 265 g/mol. The molecule has 1 aromatic rings. The Labute approximate surface area is 110 Å². The van der Waals surface area contributed by atoms with E-state index in [2.05, 4.69) is 0 Å². The van der Waals surface area contributed by atoms with Crippen molar-refractivity contribution in [3.05, 3.63) is 23.8 Å². The molecule has 1 aliphatic rings. The number of amides is 1. The van der Waals surface area contributed by atoms with Gasteiger partial charge in [0.15, 0.2) is 0 Å². The van der Waals surface area contributed by atoms with E-state index in [4.69, 9.17) is 9.47 Å². The van der Waals surface area contributed by atoms with Crippen LogP contribution in [0.25, 0.3) is 0 Å². The molecule has 1 aromatic carbocycles. The second-order valence-corrected chi connectivity index (χ2v) is 4.24. The summed E-state index contributed by atoms with van der Waals surface area (Å²) in [7, 11) is 2.76. The number of carbonyl (C=O) groups excluding carboxylic acids is 2. The quantitative estimate of drug-likeness (QED) is 0.809. The summed E-state index contributed by atoms with van der Waals surface area (Å²) in [6.07, 6.45) is -0.646. The highest BCUT2D eigenvalue weighted by atomic mass is 16.5. The Balaban J connectivity index is 2.44. The van der Waals surface area contributed by atoms with Crippen LogP contribution in [0.2, 0.25) is 0 Å². The summed E-state index contributed by atoms with van der Waals surface area (Å²) in [5.74, 6) is -0.276. The van der Waals surface area contributed by atoms with Gasteiger partial charge < -0.3 is 19.5 Å². The Morgan fingerprint density at radius 3 is 2.68 bits per heavy atom. The molecule has 1 heterocycles. The van der Waals surface area contributed by atoms with Crippen LogP contribution in [-0.4, -0.2) is 43.9 Å². The molecule has 6 nitrogen and oxygen atoms in total. The molecular weight excluding hydrogens is 250 g/mol. The number of esters is 1. The average Bonchev–Trinajstić information content (AvgIpc) is 2.76. The summed E-state index contributed by atoms with van der Waals surface area (Å²) in [6.45, 7) is 0.176. The molecule has 102 valence electrons. The number of hydrogen-bond donors (Lipinski definition) is 1. The lowest BCUT2D eigenvalue weighted by Gasteiger charge is -2.19. The largest absolute Gasteiger partial charge is 0.497 e. The normalized spacial score (nSPS) is 18.6. The second-order valence-electron chi connectivity index (χ2n) is 4.24. The summed E-state index contributed by atoms with van der Waals surface area (Å²) in [6, 6.07) is 4.78. The maximum absolute atomic E-state index is 11.8. The van der Waals surface area contributed by atoms with Gasteiger partial charge in [0.25, 0.3) is 0 Å². The van der Waals surface area contributed by atoms with Crippen LogP contribution in [0, 0.1) is 0 Å². The molecule has 1 N–H and O–H groups in total. The molecule has 0 spiro atoms. The number of aliphatic hydroxyl groups is 1. The van der Waals surface area contributed by atoms with Gasteiger partial charge in [-0.1, -0.05) is 0 Å². The third kappa shape index (κ3) is 2.53. The third-order valence-electron chi connectivity index (χ3n) is 3.00. The molecule has 2 rings (SSSR count). The highest BCUT2D eigenvalue weighted by Crippen LogP contribution is 2.29. The molecule has 0 aromatic heterocycles. The minimum absolute atomic E-state index is 0.0621. The van der Waals surface area contributed by atoms with Crippen molar-refractivity contribution in [2.45, 2.75) is 12.5 Å². The minimum Gasteiger partial charge on any atom is -0.497 e. The van der Waals surface area contributed by atoms with Gasteiger partial charge in [0.2, 0.25) is 5.91 Å². The van der Waals surface area contributed by atoms with E-state index >= 15 is 0 Å². The van der Waals surface area contributed by atoms with Gasteiger partial charge in [-0.15, -0.1) is 0 Å². The summed E-state index contributed by atoms with van der Waals surface area (Å²) < 4.78 is 9.76. The number of nitrogens with zero attached hydrogens (tertiary/aromatic N) is 1. The number of methoxy groups -OCH3 is 2. The average molecular weight is 265 g/mol. The zero-order valence-electron chi connectivity index (χ0n) is 10.8. The molecule has 1 amide bonds. The van der Waals surface area contributed by atoms with Crippen molar-refractivity contribution in [1.29, 1.82) is 0 Å². The molecule has 1 atom stereocenters. The Hall–Kier alpha value is -2.08. The highest BCUT2D eigenvalue weighted by Gasteiger charge is 2.31. The zero-order valence-corrected chi connectivity index (χ0v) is 10.8. The van der Waals surface area contributed by atoms with Crippen molar-refractivity contribution in [1.82, 2.24) is 0 Å². The lowest BCUT2D eigenvalue weighted by Crippen LogP contribution is -2.27. The van der Waals surface area contributed by atoms with Crippen LogP contribution in [0.15, 0.2) is 18.2 Å². The lowest BCUT2D eigenvalue weighted by atomic mass is 10.1. The first-order chi connectivity index (χ1) is 9.06. The van der Waals surface area contributed by atoms with E-state index in [1.54, 1.807) is 12.1 Å². The Bertz CT molecular complexity index is 514. The summed E-state index contributed by atoms with van der Waals surface area (Å²) >= 11 is 0. The molecule has 0 aliphatic carbocycles. The van der Waals surface area contributed by atoms with E-state index in [1.807, 2.05) is 0 Å². The molecule has 1 unspecified atom stereocenters. The maximum Gasteiger partial charge on any atom is 0.340 e. The van der Waals surface area contributed by atoms with Crippen molar-refractivity contribution in [3.63, 3.8) is 0 Å². The summed E-state index contributed by atoms with van der Waals surface area (Å²) in [5, 5.41) is 9.52.